The van der Waals surface area contributed by atoms with Crippen LogP contribution in [-0.4, -0.2) is 31.3 Å². The topological polar surface area (TPSA) is 34.6 Å². The van der Waals surface area contributed by atoms with Crippen molar-refractivity contribution in [2.45, 2.75) is 6.61 Å². The van der Waals surface area contributed by atoms with Crippen molar-refractivity contribution in [3.8, 4) is 5.75 Å². The van der Waals surface area contributed by atoms with Gasteiger partial charge in [-0.3, -0.25) is 0 Å². The number of hydrogen-bond acceptors (Lipinski definition) is 4. The molecule has 4 rings (SSSR count). The van der Waals surface area contributed by atoms with E-state index < -0.39 is 0 Å². The monoisotopic (exact) mass is 338 g/mol. The van der Waals surface area contributed by atoms with E-state index in [1.165, 1.54) is 12.1 Å². The van der Waals surface area contributed by atoms with E-state index in [9.17, 15) is 4.39 Å². The Hall–Kier alpha value is -2.66. The maximum Gasteiger partial charge on any atom is 0.146 e. The van der Waals surface area contributed by atoms with E-state index in [2.05, 4.69) is 11.0 Å². The summed E-state index contributed by atoms with van der Waals surface area (Å²) in [5.41, 5.74) is 1.62. The van der Waals surface area contributed by atoms with E-state index in [4.69, 9.17) is 14.5 Å². The summed E-state index contributed by atoms with van der Waals surface area (Å²) in [5.74, 6) is 1.38. The van der Waals surface area contributed by atoms with Crippen molar-refractivity contribution in [1.29, 1.82) is 0 Å². The molecule has 5 heteroatoms. The minimum atomic E-state index is -0.258. The first-order valence-corrected chi connectivity index (χ1v) is 8.39. The van der Waals surface area contributed by atoms with Gasteiger partial charge in [0, 0.05) is 18.5 Å². The number of anilines is 1. The molecule has 0 bridgehead atoms. The van der Waals surface area contributed by atoms with Crippen LogP contribution in [0.4, 0.5) is 10.2 Å². The maximum atomic E-state index is 13.3. The second kappa shape index (κ2) is 7.07. The second-order valence-electron chi connectivity index (χ2n) is 6.02. The molecule has 1 saturated heterocycles. The highest BCUT2D eigenvalue weighted by molar-refractivity contribution is 5.86. The van der Waals surface area contributed by atoms with Crippen molar-refractivity contribution in [2.75, 3.05) is 31.2 Å². The first-order valence-electron chi connectivity index (χ1n) is 8.39. The molecule has 0 atom stereocenters. The number of aromatic nitrogens is 1. The van der Waals surface area contributed by atoms with Gasteiger partial charge in [-0.05, 0) is 35.9 Å². The zero-order valence-corrected chi connectivity index (χ0v) is 13.8. The fourth-order valence-electron chi connectivity index (χ4n) is 2.98. The number of benzene rings is 2. The molecule has 0 N–H and O–H groups in total. The van der Waals surface area contributed by atoms with Crippen LogP contribution in [0.1, 0.15) is 5.56 Å². The Morgan fingerprint density at radius 1 is 1.04 bits per heavy atom. The third-order valence-corrected chi connectivity index (χ3v) is 4.29. The van der Waals surface area contributed by atoms with Crippen LogP contribution in [0.2, 0.25) is 0 Å². The molecule has 25 heavy (non-hydrogen) atoms. The second-order valence-corrected chi connectivity index (χ2v) is 6.02. The lowest BCUT2D eigenvalue weighted by atomic mass is 10.2. The highest BCUT2D eigenvalue weighted by atomic mass is 19.1. The normalized spacial score (nSPS) is 14.7. The van der Waals surface area contributed by atoms with Gasteiger partial charge in [-0.1, -0.05) is 24.3 Å². The summed E-state index contributed by atoms with van der Waals surface area (Å²) in [4.78, 5) is 7.01. The number of fused-ring (bicyclic) bond motifs is 1. The molecule has 1 aromatic heterocycles. The third-order valence-electron chi connectivity index (χ3n) is 4.29. The summed E-state index contributed by atoms with van der Waals surface area (Å²) in [7, 11) is 0. The molecule has 2 heterocycles. The third kappa shape index (κ3) is 3.56. The fourth-order valence-corrected chi connectivity index (χ4v) is 2.98. The SMILES string of the molecule is Fc1cccc(COc2cccc3ccc(N4CCOCC4)nc23)c1. The molecule has 1 aliphatic rings. The van der Waals surface area contributed by atoms with Gasteiger partial charge < -0.3 is 14.4 Å². The van der Waals surface area contributed by atoms with E-state index in [-0.39, 0.29) is 5.82 Å². The fraction of sp³-hybridized carbons (Fsp3) is 0.250. The summed E-state index contributed by atoms with van der Waals surface area (Å²) in [6, 6.07) is 16.4. The number of ether oxygens (including phenoxy) is 2. The van der Waals surface area contributed by atoms with Crippen LogP contribution >= 0.6 is 0 Å². The van der Waals surface area contributed by atoms with Crippen LogP contribution < -0.4 is 9.64 Å². The van der Waals surface area contributed by atoms with E-state index in [0.29, 0.717) is 12.4 Å². The zero-order chi connectivity index (χ0) is 17.1. The van der Waals surface area contributed by atoms with Gasteiger partial charge in [0.2, 0.25) is 0 Å². The Bertz CT molecular complexity index is 878. The summed E-state index contributed by atoms with van der Waals surface area (Å²) < 4.78 is 24.7. The first-order chi connectivity index (χ1) is 12.3. The van der Waals surface area contributed by atoms with E-state index in [1.54, 1.807) is 6.07 Å². The van der Waals surface area contributed by atoms with Gasteiger partial charge in [-0.15, -0.1) is 0 Å². The van der Waals surface area contributed by atoms with E-state index in [0.717, 1.165) is 48.6 Å². The lowest BCUT2D eigenvalue weighted by Crippen LogP contribution is -2.36. The number of halogens is 1. The number of rotatable bonds is 4. The minimum Gasteiger partial charge on any atom is -0.487 e. The molecule has 1 fully saturated rings. The van der Waals surface area contributed by atoms with Crippen LogP contribution in [0.25, 0.3) is 10.9 Å². The van der Waals surface area contributed by atoms with Gasteiger partial charge in [-0.25, -0.2) is 9.37 Å². The van der Waals surface area contributed by atoms with E-state index in [1.807, 2.05) is 30.3 Å². The zero-order valence-electron chi connectivity index (χ0n) is 13.8. The Labute approximate surface area is 145 Å². The molecule has 4 nitrogen and oxygen atoms in total. The van der Waals surface area contributed by atoms with Gasteiger partial charge in [0.1, 0.15) is 29.5 Å². The lowest BCUT2D eigenvalue weighted by Gasteiger charge is -2.28. The molecule has 0 spiro atoms. The predicted molar refractivity (Wildman–Crippen MR) is 95.5 cm³/mol. The standard InChI is InChI=1S/C20H19FN2O2/c21-17-5-1-3-15(13-17)14-25-18-6-2-4-16-7-8-19(22-20(16)18)23-9-11-24-12-10-23/h1-8,13H,9-12,14H2. The van der Waals surface area contributed by atoms with Gasteiger partial charge in [0.25, 0.3) is 0 Å². The van der Waals surface area contributed by atoms with Gasteiger partial charge >= 0.3 is 0 Å². The van der Waals surface area contributed by atoms with E-state index >= 15 is 0 Å². The number of pyridine rings is 1. The number of hydrogen-bond donors (Lipinski definition) is 0. The van der Waals surface area contributed by atoms with Crippen molar-refractivity contribution in [3.63, 3.8) is 0 Å². The maximum absolute atomic E-state index is 13.3. The smallest absolute Gasteiger partial charge is 0.146 e. The summed E-state index contributed by atoms with van der Waals surface area (Å²) in [5, 5.41) is 1.02. The van der Waals surface area contributed by atoms with Crippen molar-refractivity contribution >= 4 is 16.7 Å². The van der Waals surface area contributed by atoms with Crippen LogP contribution in [0.3, 0.4) is 0 Å². The number of morpholine rings is 1. The molecule has 2 aromatic carbocycles. The lowest BCUT2D eigenvalue weighted by molar-refractivity contribution is 0.122. The van der Waals surface area contributed by atoms with Gasteiger partial charge in [0.05, 0.1) is 13.2 Å². The average molecular weight is 338 g/mol. The highest BCUT2D eigenvalue weighted by Gasteiger charge is 2.14. The highest BCUT2D eigenvalue weighted by Crippen LogP contribution is 2.27. The molecule has 1 aliphatic heterocycles. The summed E-state index contributed by atoms with van der Waals surface area (Å²) in [6.45, 7) is 3.42. The molecule has 0 aliphatic carbocycles. The molecular formula is C20H19FN2O2. The Morgan fingerprint density at radius 2 is 1.88 bits per heavy atom. The Kier molecular flexibility index (Phi) is 4.48. The predicted octanol–water partition coefficient (Wildman–Crippen LogP) is 3.79. The molecular weight excluding hydrogens is 319 g/mol. The number of nitrogens with zero attached hydrogens (tertiary/aromatic N) is 2. The summed E-state index contributed by atoms with van der Waals surface area (Å²) in [6.07, 6.45) is 0. The number of para-hydroxylation sites is 1. The Balaban J connectivity index is 1.61. The molecule has 0 amide bonds. The molecule has 3 aromatic rings. The first kappa shape index (κ1) is 15.8. The molecule has 128 valence electrons. The minimum absolute atomic E-state index is 0.258. The average Bonchev–Trinajstić information content (AvgIpc) is 2.67. The van der Waals surface area contributed by atoms with Crippen LogP contribution in [0, 0.1) is 5.82 Å². The van der Waals surface area contributed by atoms with Crippen molar-refractivity contribution < 1.29 is 13.9 Å². The van der Waals surface area contributed by atoms with Crippen molar-refractivity contribution in [3.05, 3.63) is 66.0 Å². The molecule has 0 saturated carbocycles. The van der Waals surface area contributed by atoms with Crippen molar-refractivity contribution in [2.24, 2.45) is 0 Å². The molecule has 0 radical (unpaired) electrons. The van der Waals surface area contributed by atoms with Gasteiger partial charge in [-0.2, -0.15) is 0 Å². The quantitative estimate of drug-likeness (QED) is 0.725. The van der Waals surface area contributed by atoms with Crippen LogP contribution in [0.5, 0.6) is 5.75 Å². The van der Waals surface area contributed by atoms with Crippen molar-refractivity contribution in [1.82, 2.24) is 4.98 Å². The largest absolute Gasteiger partial charge is 0.487 e. The molecule has 0 unspecified atom stereocenters. The van der Waals surface area contributed by atoms with Gasteiger partial charge in [0.15, 0.2) is 0 Å². The van der Waals surface area contributed by atoms with Crippen LogP contribution in [0.15, 0.2) is 54.6 Å². The van der Waals surface area contributed by atoms with Crippen LogP contribution in [-0.2, 0) is 11.3 Å². The summed E-state index contributed by atoms with van der Waals surface area (Å²) >= 11 is 0. The Morgan fingerprint density at radius 3 is 2.72 bits per heavy atom.